The third-order valence-corrected chi connectivity index (χ3v) is 2.46. The van der Waals surface area contributed by atoms with Gasteiger partial charge in [-0.2, -0.15) is 0 Å². The average molecular weight is 197 g/mol. The molecule has 0 bridgehead atoms. The average Bonchev–Trinajstić information content (AvgIpc) is 2.18. The lowest BCUT2D eigenvalue weighted by Crippen LogP contribution is -2.52. The zero-order valence-corrected chi connectivity index (χ0v) is 8.78. The van der Waals surface area contributed by atoms with Crippen LogP contribution in [0.15, 0.2) is 12.7 Å². The number of hydrogen-bond donors (Lipinski definition) is 1. The smallest absolute Gasteiger partial charge is 0.239 e. The van der Waals surface area contributed by atoms with Gasteiger partial charge in [-0.3, -0.25) is 9.69 Å². The van der Waals surface area contributed by atoms with E-state index in [2.05, 4.69) is 11.5 Å². The number of amides is 1. The number of nitrogens with two attached hydrogens (primary N) is 1. The summed E-state index contributed by atoms with van der Waals surface area (Å²) in [5, 5.41) is 0. The predicted molar refractivity (Wildman–Crippen MR) is 56.9 cm³/mol. The molecule has 1 saturated heterocycles. The van der Waals surface area contributed by atoms with Crippen LogP contribution in [-0.2, 0) is 4.79 Å². The fourth-order valence-electron chi connectivity index (χ4n) is 1.62. The number of nitrogens with zero attached hydrogens (tertiary/aromatic N) is 2. The summed E-state index contributed by atoms with van der Waals surface area (Å²) in [4.78, 5) is 15.6. The molecule has 1 rings (SSSR count). The second-order valence-corrected chi connectivity index (χ2v) is 3.70. The van der Waals surface area contributed by atoms with Gasteiger partial charge in [-0.15, -0.1) is 6.58 Å². The van der Waals surface area contributed by atoms with Crippen LogP contribution in [0.4, 0.5) is 0 Å². The van der Waals surface area contributed by atoms with Gasteiger partial charge in [-0.1, -0.05) is 6.08 Å². The second kappa shape index (κ2) is 5.12. The minimum Gasteiger partial charge on any atom is -0.339 e. The van der Waals surface area contributed by atoms with Crippen molar-refractivity contribution >= 4 is 5.91 Å². The number of piperazine rings is 1. The van der Waals surface area contributed by atoms with E-state index in [1.807, 2.05) is 11.0 Å². The van der Waals surface area contributed by atoms with Gasteiger partial charge in [-0.25, -0.2) is 0 Å². The lowest BCUT2D eigenvalue weighted by Gasteiger charge is -2.34. The summed E-state index contributed by atoms with van der Waals surface area (Å²) in [6.07, 6.45) is 1.89. The maximum atomic E-state index is 11.5. The van der Waals surface area contributed by atoms with E-state index in [0.717, 1.165) is 32.7 Å². The summed E-state index contributed by atoms with van der Waals surface area (Å²) in [6.45, 7) is 9.75. The summed E-state index contributed by atoms with van der Waals surface area (Å²) in [5.74, 6) is 0.0586. The molecule has 4 nitrogen and oxygen atoms in total. The first-order valence-electron chi connectivity index (χ1n) is 5.02. The molecule has 1 aliphatic rings. The Morgan fingerprint density at radius 3 is 2.50 bits per heavy atom. The van der Waals surface area contributed by atoms with Crippen molar-refractivity contribution in [1.29, 1.82) is 0 Å². The molecule has 0 radical (unpaired) electrons. The zero-order valence-electron chi connectivity index (χ0n) is 8.78. The highest BCUT2D eigenvalue weighted by Gasteiger charge is 2.22. The molecule has 0 aliphatic carbocycles. The Kier molecular flexibility index (Phi) is 4.10. The molecule has 0 aromatic rings. The molecule has 1 fully saturated rings. The first-order valence-corrected chi connectivity index (χ1v) is 5.02. The molecule has 0 unspecified atom stereocenters. The van der Waals surface area contributed by atoms with Crippen molar-refractivity contribution in [1.82, 2.24) is 9.80 Å². The van der Waals surface area contributed by atoms with Crippen molar-refractivity contribution in [3.05, 3.63) is 12.7 Å². The molecule has 1 atom stereocenters. The first-order chi connectivity index (χ1) is 6.65. The van der Waals surface area contributed by atoms with E-state index < -0.39 is 0 Å². The molecular formula is C10H19N3O. The summed E-state index contributed by atoms with van der Waals surface area (Å²) in [5.41, 5.74) is 5.54. The highest BCUT2D eigenvalue weighted by atomic mass is 16.2. The van der Waals surface area contributed by atoms with Crippen LogP contribution in [0, 0.1) is 0 Å². The monoisotopic (exact) mass is 197 g/mol. The van der Waals surface area contributed by atoms with Crippen LogP contribution < -0.4 is 5.73 Å². The maximum Gasteiger partial charge on any atom is 0.239 e. The molecule has 1 amide bonds. The molecule has 1 aliphatic heterocycles. The predicted octanol–water partition coefficient (Wildman–Crippen LogP) is -0.336. The summed E-state index contributed by atoms with van der Waals surface area (Å²) >= 11 is 0. The van der Waals surface area contributed by atoms with Crippen molar-refractivity contribution in [2.24, 2.45) is 5.73 Å². The van der Waals surface area contributed by atoms with Crippen LogP contribution in [0.2, 0.25) is 0 Å². The Morgan fingerprint density at radius 2 is 2.07 bits per heavy atom. The molecule has 14 heavy (non-hydrogen) atoms. The minimum absolute atomic E-state index is 0.0586. The van der Waals surface area contributed by atoms with Crippen molar-refractivity contribution in [2.45, 2.75) is 13.0 Å². The number of rotatable bonds is 3. The molecule has 0 spiro atoms. The van der Waals surface area contributed by atoms with Crippen LogP contribution in [-0.4, -0.2) is 54.5 Å². The van der Waals surface area contributed by atoms with Crippen LogP contribution >= 0.6 is 0 Å². The van der Waals surface area contributed by atoms with Crippen molar-refractivity contribution < 1.29 is 4.79 Å². The topological polar surface area (TPSA) is 49.6 Å². The molecule has 2 N–H and O–H groups in total. The van der Waals surface area contributed by atoms with E-state index in [9.17, 15) is 4.79 Å². The van der Waals surface area contributed by atoms with E-state index in [0.29, 0.717) is 0 Å². The normalized spacial score (nSPS) is 20.6. The Hall–Kier alpha value is -0.870. The Bertz CT molecular complexity index is 207. The van der Waals surface area contributed by atoms with E-state index in [1.165, 1.54) is 0 Å². The third kappa shape index (κ3) is 2.82. The van der Waals surface area contributed by atoms with Crippen LogP contribution in [0.25, 0.3) is 0 Å². The van der Waals surface area contributed by atoms with Gasteiger partial charge in [0.05, 0.1) is 6.04 Å². The van der Waals surface area contributed by atoms with Gasteiger partial charge in [0.2, 0.25) is 5.91 Å². The van der Waals surface area contributed by atoms with Gasteiger partial charge >= 0.3 is 0 Å². The molecule has 0 saturated carbocycles. The SMILES string of the molecule is C=CCN1CCN(C(=O)[C@H](C)N)CC1. The zero-order chi connectivity index (χ0) is 10.6. The van der Waals surface area contributed by atoms with Crippen molar-refractivity contribution in [2.75, 3.05) is 32.7 Å². The van der Waals surface area contributed by atoms with Gasteiger partial charge in [0, 0.05) is 32.7 Å². The van der Waals surface area contributed by atoms with Crippen molar-refractivity contribution in [3.8, 4) is 0 Å². The van der Waals surface area contributed by atoms with Gasteiger partial charge in [0.1, 0.15) is 0 Å². The van der Waals surface area contributed by atoms with E-state index in [4.69, 9.17) is 5.73 Å². The Morgan fingerprint density at radius 1 is 1.50 bits per heavy atom. The van der Waals surface area contributed by atoms with Gasteiger partial charge in [0.15, 0.2) is 0 Å². The Balaban J connectivity index is 2.35. The standard InChI is InChI=1S/C10H19N3O/c1-3-4-12-5-7-13(8-6-12)10(14)9(2)11/h3,9H,1,4-8,11H2,2H3/t9-/m0/s1. The van der Waals surface area contributed by atoms with E-state index in [1.54, 1.807) is 6.92 Å². The molecule has 4 heteroatoms. The Labute approximate surface area is 85.3 Å². The molecule has 0 aromatic carbocycles. The quantitative estimate of drug-likeness (QED) is 0.630. The summed E-state index contributed by atoms with van der Waals surface area (Å²) in [6, 6.07) is -0.374. The number of carbonyl (C=O) groups is 1. The van der Waals surface area contributed by atoms with Crippen LogP contribution in [0.3, 0.4) is 0 Å². The lowest BCUT2D eigenvalue weighted by molar-refractivity contribution is -0.133. The fourth-order valence-corrected chi connectivity index (χ4v) is 1.62. The second-order valence-electron chi connectivity index (χ2n) is 3.70. The van der Waals surface area contributed by atoms with E-state index in [-0.39, 0.29) is 11.9 Å². The van der Waals surface area contributed by atoms with E-state index >= 15 is 0 Å². The maximum absolute atomic E-state index is 11.5. The van der Waals surface area contributed by atoms with Crippen molar-refractivity contribution in [3.63, 3.8) is 0 Å². The number of hydrogen-bond acceptors (Lipinski definition) is 3. The lowest BCUT2D eigenvalue weighted by atomic mass is 10.2. The first kappa shape index (κ1) is 11.2. The molecule has 0 aromatic heterocycles. The highest BCUT2D eigenvalue weighted by Crippen LogP contribution is 2.02. The van der Waals surface area contributed by atoms with Crippen LogP contribution in [0.5, 0.6) is 0 Å². The highest BCUT2D eigenvalue weighted by molar-refractivity contribution is 5.81. The third-order valence-electron chi connectivity index (χ3n) is 2.46. The van der Waals surface area contributed by atoms with Crippen LogP contribution in [0.1, 0.15) is 6.92 Å². The number of carbonyl (C=O) groups excluding carboxylic acids is 1. The van der Waals surface area contributed by atoms with Gasteiger partial charge in [0.25, 0.3) is 0 Å². The minimum atomic E-state index is -0.374. The largest absolute Gasteiger partial charge is 0.339 e. The molecule has 1 heterocycles. The molecule has 80 valence electrons. The fraction of sp³-hybridized carbons (Fsp3) is 0.700. The summed E-state index contributed by atoms with van der Waals surface area (Å²) in [7, 11) is 0. The van der Waals surface area contributed by atoms with Gasteiger partial charge < -0.3 is 10.6 Å². The summed E-state index contributed by atoms with van der Waals surface area (Å²) < 4.78 is 0. The van der Waals surface area contributed by atoms with Gasteiger partial charge in [-0.05, 0) is 6.92 Å². The molecular weight excluding hydrogens is 178 g/mol.